The summed E-state index contributed by atoms with van der Waals surface area (Å²) in [5.41, 5.74) is -11.1. The van der Waals surface area contributed by atoms with Crippen molar-refractivity contribution in [3.8, 4) is 0 Å². The fourth-order valence-electron chi connectivity index (χ4n) is 17.0. The summed E-state index contributed by atoms with van der Waals surface area (Å²) in [5.74, 6) is -12.2. The molecule has 16 heteroatoms. The largest absolute Gasteiger partial charge is 0.462 e. The number of aliphatic hydroxyl groups is 6. The highest BCUT2D eigenvalue weighted by molar-refractivity contribution is 6.04. The lowest BCUT2D eigenvalue weighted by molar-refractivity contribution is -0.261. The summed E-state index contributed by atoms with van der Waals surface area (Å²) in [4.78, 5) is 99.5. The van der Waals surface area contributed by atoms with E-state index in [9.17, 15) is 54.6 Å². The molecule has 2 spiro atoms. The van der Waals surface area contributed by atoms with Crippen LogP contribution in [-0.2, 0) is 47.8 Å². The molecule has 344 valence electrons. The number of fused-ring (bicyclic) bond motifs is 6. The molecule has 8 rings (SSSR count). The van der Waals surface area contributed by atoms with Crippen molar-refractivity contribution in [2.75, 3.05) is 6.61 Å². The van der Waals surface area contributed by atoms with Gasteiger partial charge in [0.25, 0.3) is 0 Å². The van der Waals surface area contributed by atoms with E-state index in [4.69, 9.17) is 14.2 Å². The molecule has 8 aliphatic rings. The molecule has 0 aliphatic heterocycles. The summed E-state index contributed by atoms with van der Waals surface area (Å²) in [6.07, 6.45) is -11.8. The summed E-state index contributed by atoms with van der Waals surface area (Å²) < 4.78 is 17.9. The highest BCUT2D eigenvalue weighted by Gasteiger charge is 2.84. The molecule has 16 nitrogen and oxygen atoms in total. The minimum atomic E-state index is -2.01. The molecular formula is C46H64O16. The molecule has 8 fully saturated rings. The number of carbonyl (C=O) groups is 7. The van der Waals surface area contributed by atoms with E-state index in [0.29, 0.717) is 0 Å². The van der Waals surface area contributed by atoms with Crippen LogP contribution in [0.25, 0.3) is 0 Å². The predicted octanol–water partition coefficient (Wildman–Crippen LogP) is 1.03. The van der Waals surface area contributed by atoms with Crippen LogP contribution in [0.1, 0.15) is 107 Å². The Morgan fingerprint density at radius 2 is 1.10 bits per heavy atom. The zero-order chi connectivity index (χ0) is 46.0. The van der Waals surface area contributed by atoms with E-state index in [1.54, 1.807) is 41.5 Å². The van der Waals surface area contributed by atoms with Gasteiger partial charge in [0.2, 0.25) is 0 Å². The summed E-state index contributed by atoms with van der Waals surface area (Å²) >= 11 is 0. The molecule has 8 aliphatic carbocycles. The lowest BCUT2D eigenvalue weighted by Crippen LogP contribution is -2.75. The number of carbonyl (C=O) groups excluding carboxylic acids is 7. The summed E-state index contributed by atoms with van der Waals surface area (Å²) in [5, 5.41) is 70.9. The number of ketones is 4. The second-order valence-corrected chi connectivity index (χ2v) is 22.5. The smallest absolute Gasteiger partial charge is 0.302 e. The molecule has 20 atom stereocenters. The van der Waals surface area contributed by atoms with E-state index in [0.717, 1.165) is 0 Å². The molecule has 0 aromatic rings. The number of Topliss-reactive ketones (excluding diaryl/α,β-unsaturated/α-hetero) is 4. The molecule has 0 aromatic heterocycles. The summed E-state index contributed by atoms with van der Waals surface area (Å²) in [6.45, 7) is 12.7. The second-order valence-electron chi connectivity index (χ2n) is 22.5. The van der Waals surface area contributed by atoms with Crippen LogP contribution in [0.5, 0.6) is 0 Å². The molecule has 62 heavy (non-hydrogen) atoms. The van der Waals surface area contributed by atoms with Gasteiger partial charge < -0.3 is 44.8 Å². The zero-order valence-corrected chi connectivity index (χ0v) is 37.1. The Bertz CT molecular complexity index is 2010. The molecule has 8 saturated carbocycles. The van der Waals surface area contributed by atoms with E-state index in [1.807, 2.05) is 0 Å². The molecule has 0 amide bonds. The van der Waals surface area contributed by atoms with Gasteiger partial charge in [-0.1, -0.05) is 41.5 Å². The first kappa shape index (κ1) is 45.4. The molecule has 0 saturated heterocycles. The van der Waals surface area contributed by atoms with Crippen LogP contribution < -0.4 is 0 Å². The van der Waals surface area contributed by atoms with Gasteiger partial charge in [-0.05, 0) is 43.9 Å². The van der Waals surface area contributed by atoms with Gasteiger partial charge in [-0.3, -0.25) is 33.6 Å². The maximum atomic E-state index is 15.9. The monoisotopic (exact) mass is 872 g/mol. The van der Waals surface area contributed by atoms with Crippen molar-refractivity contribution >= 4 is 41.0 Å². The van der Waals surface area contributed by atoms with E-state index >= 15 is 9.59 Å². The molecule has 0 radical (unpaired) electrons. The number of hydrogen-bond acceptors (Lipinski definition) is 16. The van der Waals surface area contributed by atoms with E-state index in [2.05, 4.69) is 0 Å². The Hall–Kier alpha value is -3.15. The first-order valence-corrected chi connectivity index (χ1v) is 22.3. The maximum absolute atomic E-state index is 15.9. The highest BCUT2D eigenvalue weighted by Crippen LogP contribution is 2.76. The Morgan fingerprint density at radius 1 is 0.613 bits per heavy atom. The Labute approximate surface area is 360 Å². The first-order valence-electron chi connectivity index (χ1n) is 22.3. The van der Waals surface area contributed by atoms with Crippen molar-refractivity contribution in [3.63, 3.8) is 0 Å². The van der Waals surface area contributed by atoms with Crippen LogP contribution in [0.15, 0.2) is 0 Å². The Balaban J connectivity index is 1.27. The fourth-order valence-corrected chi connectivity index (χ4v) is 17.0. The van der Waals surface area contributed by atoms with Crippen molar-refractivity contribution in [1.82, 2.24) is 0 Å². The van der Waals surface area contributed by atoms with Gasteiger partial charge in [0.1, 0.15) is 36.3 Å². The number of rotatable bonds is 6. The summed E-state index contributed by atoms with van der Waals surface area (Å²) in [6, 6.07) is 0. The van der Waals surface area contributed by atoms with Gasteiger partial charge in [0.05, 0.1) is 41.2 Å². The first-order chi connectivity index (χ1) is 28.6. The van der Waals surface area contributed by atoms with Crippen LogP contribution in [0.2, 0.25) is 0 Å². The van der Waals surface area contributed by atoms with Crippen molar-refractivity contribution in [2.45, 2.75) is 156 Å². The van der Waals surface area contributed by atoms with E-state index < -0.39 is 176 Å². The SMILES string of the molecule is CC(=O)O[C@H]1C[C@@H]2C[C@@]3(C(=O)[C@@]2(CO)C[C@@H]2C(=O)[C@]45C[C@H]2C[C@H](OC(C)=O)[C@H]4[C@@]2(C)[C@H](C(=O)[C@@H]5O)C(C)(C)[C@@H](O)C[C@@H]2O)[C@@H]1[C@]1(C)[C@@H](OC(C)=O)C[C@H](O)C(C)(C)[C@H]1C(=O)[C@@H]3O. The average Bonchev–Trinajstić information content (AvgIpc) is 3.48. The van der Waals surface area contributed by atoms with Crippen LogP contribution in [-0.4, -0.2) is 127 Å². The van der Waals surface area contributed by atoms with Crippen LogP contribution in [0.3, 0.4) is 0 Å². The molecular weight excluding hydrogens is 808 g/mol. The normalized spacial score (nSPS) is 52.0. The van der Waals surface area contributed by atoms with E-state index in [-0.39, 0.29) is 44.9 Å². The third kappa shape index (κ3) is 5.30. The topological polar surface area (TPSA) is 269 Å². The van der Waals surface area contributed by atoms with Crippen molar-refractivity contribution in [1.29, 1.82) is 0 Å². The lowest BCUT2D eigenvalue weighted by atomic mass is 9.38. The number of esters is 3. The van der Waals surface area contributed by atoms with Crippen molar-refractivity contribution in [2.24, 2.45) is 79.3 Å². The Kier molecular flexibility index (Phi) is 10.2. The van der Waals surface area contributed by atoms with Gasteiger partial charge in [-0.2, -0.15) is 0 Å². The molecule has 0 heterocycles. The fraction of sp³-hybridized carbons (Fsp3) is 0.848. The molecule has 0 unspecified atom stereocenters. The standard InChI is InChI=1S/C46H64O16/c1-18(48)60-24-10-21-14-45(32(24)42(8)28(53)12-26(51)40(4,5)34(42)30(54)37(45)57)36(56)23(21)16-44(17-47)22-11-25(61-19(2)49)33-43(9)29(62-20(3)50)13-27(52)41(6,7)35(43)31(55)38(58)46(33,15-22)39(44)59/h21-29,32-35,37-38,47,51-53,57-58H,10-17H2,1-9H3/t21-,22-,23+,24+,25+,26+,27+,28+,29+,32+,33+,34-,35-,37+,38+,42+,43+,44-,45+,46-/m1/s1. The molecule has 0 aromatic carbocycles. The van der Waals surface area contributed by atoms with Gasteiger partial charge in [0.15, 0.2) is 17.3 Å². The van der Waals surface area contributed by atoms with Crippen LogP contribution in [0, 0.1) is 79.3 Å². The Morgan fingerprint density at radius 3 is 1.63 bits per heavy atom. The van der Waals surface area contributed by atoms with Gasteiger partial charge in [0, 0.05) is 84.9 Å². The van der Waals surface area contributed by atoms with E-state index in [1.165, 1.54) is 20.8 Å². The number of hydrogen-bond donors (Lipinski definition) is 6. The third-order valence-electron chi connectivity index (χ3n) is 19.1. The quantitative estimate of drug-likeness (QED) is 0.161. The van der Waals surface area contributed by atoms with Gasteiger partial charge in [-0.15, -0.1) is 0 Å². The average molecular weight is 873 g/mol. The lowest BCUT2D eigenvalue weighted by Gasteiger charge is -2.66. The number of aliphatic hydroxyl groups excluding tert-OH is 6. The third-order valence-corrected chi connectivity index (χ3v) is 19.1. The molecule has 4 bridgehead atoms. The minimum absolute atomic E-state index is 0.0445. The van der Waals surface area contributed by atoms with Crippen LogP contribution in [0.4, 0.5) is 0 Å². The second kappa shape index (κ2) is 13.9. The predicted molar refractivity (Wildman–Crippen MR) is 212 cm³/mol. The maximum Gasteiger partial charge on any atom is 0.302 e. The van der Waals surface area contributed by atoms with Crippen LogP contribution >= 0.6 is 0 Å². The van der Waals surface area contributed by atoms with Gasteiger partial charge >= 0.3 is 17.9 Å². The number of ether oxygens (including phenoxy) is 3. The minimum Gasteiger partial charge on any atom is -0.462 e. The van der Waals surface area contributed by atoms with Crippen molar-refractivity contribution < 1.29 is 78.4 Å². The van der Waals surface area contributed by atoms with Crippen molar-refractivity contribution in [3.05, 3.63) is 0 Å². The zero-order valence-electron chi connectivity index (χ0n) is 37.1. The summed E-state index contributed by atoms with van der Waals surface area (Å²) in [7, 11) is 0. The van der Waals surface area contributed by atoms with Gasteiger partial charge in [-0.25, -0.2) is 0 Å². The molecule has 6 N–H and O–H groups in total. The highest BCUT2D eigenvalue weighted by atomic mass is 16.6.